The quantitative estimate of drug-likeness (QED) is 0.939. The number of aryl methyl sites for hydroxylation is 1. The lowest BCUT2D eigenvalue weighted by atomic mass is 9.97. The van der Waals surface area contributed by atoms with Crippen LogP contribution in [0.3, 0.4) is 0 Å². The molecule has 3 rings (SSSR count). The van der Waals surface area contributed by atoms with Crippen molar-refractivity contribution in [1.82, 2.24) is 5.32 Å². The molecule has 2 atom stereocenters. The van der Waals surface area contributed by atoms with E-state index in [4.69, 9.17) is 4.74 Å². The molecule has 2 unspecified atom stereocenters. The fourth-order valence-electron chi connectivity index (χ4n) is 2.78. The number of hydrogen-bond donors (Lipinski definition) is 1. The number of carbonyl (C=O) groups is 1. The van der Waals surface area contributed by atoms with Crippen molar-refractivity contribution in [2.24, 2.45) is 0 Å². The van der Waals surface area contributed by atoms with Gasteiger partial charge >= 0.3 is 0 Å². The van der Waals surface area contributed by atoms with E-state index in [0.717, 1.165) is 24.0 Å². The Morgan fingerprint density at radius 1 is 1.09 bits per heavy atom. The van der Waals surface area contributed by atoms with Gasteiger partial charge in [-0.25, -0.2) is 0 Å². The molecule has 0 saturated carbocycles. The molecule has 1 aliphatic rings. The van der Waals surface area contributed by atoms with Gasteiger partial charge in [0.2, 0.25) is 5.91 Å². The first-order valence-corrected chi connectivity index (χ1v) is 7.77. The van der Waals surface area contributed by atoms with Crippen LogP contribution in [0.15, 0.2) is 54.6 Å². The van der Waals surface area contributed by atoms with Gasteiger partial charge in [-0.1, -0.05) is 60.2 Å². The van der Waals surface area contributed by atoms with Crippen LogP contribution in [0.4, 0.5) is 0 Å². The van der Waals surface area contributed by atoms with Gasteiger partial charge in [0.15, 0.2) is 0 Å². The van der Waals surface area contributed by atoms with Gasteiger partial charge in [0.25, 0.3) is 0 Å². The molecule has 0 bridgehead atoms. The molecule has 0 radical (unpaired) electrons. The van der Waals surface area contributed by atoms with E-state index in [1.807, 2.05) is 30.3 Å². The van der Waals surface area contributed by atoms with Crippen LogP contribution < -0.4 is 5.32 Å². The topological polar surface area (TPSA) is 38.3 Å². The van der Waals surface area contributed by atoms with Crippen molar-refractivity contribution in [3.8, 4) is 0 Å². The maximum Gasteiger partial charge on any atom is 0.249 e. The molecule has 2 aromatic carbocycles. The number of rotatable bonds is 4. The summed E-state index contributed by atoms with van der Waals surface area (Å²) in [6.45, 7) is 2.74. The van der Waals surface area contributed by atoms with Gasteiger partial charge in [-0.2, -0.15) is 0 Å². The third-order valence-corrected chi connectivity index (χ3v) is 4.05. The van der Waals surface area contributed by atoms with Gasteiger partial charge in [0.1, 0.15) is 6.10 Å². The third kappa shape index (κ3) is 3.37. The van der Waals surface area contributed by atoms with E-state index < -0.39 is 0 Å². The van der Waals surface area contributed by atoms with Crippen molar-refractivity contribution in [2.45, 2.75) is 31.9 Å². The van der Waals surface area contributed by atoms with Gasteiger partial charge in [-0.15, -0.1) is 0 Å². The van der Waals surface area contributed by atoms with Gasteiger partial charge in [-0.05, 0) is 30.9 Å². The predicted molar refractivity (Wildman–Crippen MR) is 86.6 cm³/mol. The Balaban J connectivity index is 1.86. The summed E-state index contributed by atoms with van der Waals surface area (Å²) < 4.78 is 5.49. The lowest BCUT2D eigenvalue weighted by Gasteiger charge is -2.22. The van der Waals surface area contributed by atoms with Crippen molar-refractivity contribution in [1.29, 1.82) is 0 Å². The zero-order chi connectivity index (χ0) is 15.4. The van der Waals surface area contributed by atoms with Crippen LogP contribution in [0.25, 0.3) is 0 Å². The Kier molecular flexibility index (Phi) is 4.54. The number of ether oxygens (including phenoxy) is 1. The van der Waals surface area contributed by atoms with Crippen molar-refractivity contribution in [2.75, 3.05) is 6.61 Å². The largest absolute Gasteiger partial charge is 0.368 e. The van der Waals surface area contributed by atoms with Crippen LogP contribution in [0, 0.1) is 6.92 Å². The smallest absolute Gasteiger partial charge is 0.249 e. The highest BCUT2D eigenvalue weighted by molar-refractivity contribution is 5.81. The van der Waals surface area contributed by atoms with E-state index in [2.05, 4.69) is 36.5 Å². The molecule has 1 fully saturated rings. The van der Waals surface area contributed by atoms with Crippen LogP contribution in [0.5, 0.6) is 0 Å². The lowest BCUT2D eigenvalue weighted by Crippen LogP contribution is -2.37. The molecule has 0 spiro atoms. The van der Waals surface area contributed by atoms with Gasteiger partial charge in [0.05, 0.1) is 6.04 Å². The molecule has 2 aromatic rings. The molecular formula is C19H21NO2. The summed E-state index contributed by atoms with van der Waals surface area (Å²) in [7, 11) is 0. The van der Waals surface area contributed by atoms with Gasteiger partial charge in [0, 0.05) is 6.61 Å². The standard InChI is InChI=1S/C19H21NO2/c1-14-9-11-16(12-10-14)18(15-6-3-2-4-7-15)20-19(21)17-8-5-13-22-17/h2-4,6-7,9-12,17-18H,5,8,13H2,1H3,(H,20,21). The molecule has 114 valence electrons. The highest BCUT2D eigenvalue weighted by atomic mass is 16.5. The maximum atomic E-state index is 12.4. The van der Waals surface area contributed by atoms with Crippen LogP contribution in [0.1, 0.15) is 35.6 Å². The van der Waals surface area contributed by atoms with Crippen LogP contribution in [-0.2, 0) is 9.53 Å². The second-order valence-electron chi connectivity index (χ2n) is 5.76. The van der Waals surface area contributed by atoms with Gasteiger partial charge < -0.3 is 10.1 Å². The van der Waals surface area contributed by atoms with Crippen molar-refractivity contribution in [3.05, 3.63) is 71.3 Å². The van der Waals surface area contributed by atoms with E-state index in [0.29, 0.717) is 6.61 Å². The molecule has 1 amide bonds. The molecule has 1 aliphatic heterocycles. The normalized spacial score (nSPS) is 18.9. The summed E-state index contributed by atoms with van der Waals surface area (Å²) in [5.41, 5.74) is 3.38. The number of hydrogen-bond acceptors (Lipinski definition) is 2. The van der Waals surface area contributed by atoms with E-state index in [9.17, 15) is 4.79 Å². The zero-order valence-electron chi connectivity index (χ0n) is 12.8. The lowest BCUT2D eigenvalue weighted by molar-refractivity contribution is -0.130. The highest BCUT2D eigenvalue weighted by Crippen LogP contribution is 2.23. The molecule has 0 aliphatic carbocycles. The first-order chi connectivity index (χ1) is 10.7. The van der Waals surface area contributed by atoms with Crippen LogP contribution >= 0.6 is 0 Å². The molecule has 1 N–H and O–H groups in total. The number of amides is 1. The number of nitrogens with one attached hydrogen (secondary N) is 1. The summed E-state index contributed by atoms with van der Waals surface area (Å²) in [5, 5.41) is 3.15. The first-order valence-electron chi connectivity index (χ1n) is 7.77. The summed E-state index contributed by atoms with van der Waals surface area (Å²) in [5.74, 6) is -0.0214. The van der Waals surface area contributed by atoms with Crippen LogP contribution in [-0.4, -0.2) is 18.6 Å². The Labute approximate surface area is 131 Å². The second-order valence-corrected chi connectivity index (χ2v) is 5.76. The van der Waals surface area contributed by atoms with Crippen LogP contribution in [0.2, 0.25) is 0 Å². The van der Waals surface area contributed by atoms with Gasteiger partial charge in [-0.3, -0.25) is 4.79 Å². The van der Waals surface area contributed by atoms with Crippen molar-refractivity contribution in [3.63, 3.8) is 0 Å². The molecule has 3 heteroatoms. The predicted octanol–water partition coefficient (Wildman–Crippen LogP) is 3.38. The SMILES string of the molecule is Cc1ccc(C(NC(=O)C2CCCO2)c2ccccc2)cc1. The Hall–Kier alpha value is -2.13. The van der Waals surface area contributed by atoms with E-state index in [1.54, 1.807) is 0 Å². The van der Waals surface area contributed by atoms with E-state index >= 15 is 0 Å². The fraction of sp³-hybridized carbons (Fsp3) is 0.316. The zero-order valence-corrected chi connectivity index (χ0v) is 12.8. The third-order valence-electron chi connectivity index (χ3n) is 4.05. The van der Waals surface area contributed by atoms with E-state index in [-0.39, 0.29) is 18.1 Å². The average Bonchev–Trinajstić information content (AvgIpc) is 3.09. The number of carbonyl (C=O) groups excluding carboxylic acids is 1. The minimum Gasteiger partial charge on any atom is -0.368 e. The second kappa shape index (κ2) is 6.75. The van der Waals surface area contributed by atoms with Crippen molar-refractivity contribution >= 4 is 5.91 Å². The summed E-state index contributed by atoms with van der Waals surface area (Å²) in [6, 6.07) is 18.2. The molecular weight excluding hydrogens is 274 g/mol. The highest BCUT2D eigenvalue weighted by Gasteiger charge is 2.26. The molecule has 3 nitrogen and oxygen atoms in total. The fourth-order valence-corrected chi connectivity index (χ4v) is 2.78. The summed E-state index contributed by atoms with van der Waals surface area (Å²) in [6.07, 6.45) is 1.46. The average molecular weight is 295 g/mol. The monoisotopic (exact) mass is 295 g/mol. The first kappa shape index (κ1) is 14.8. The minimum absolute atomic E-state index is 0.0214. The molecule has 1 saturated heterocycles. The van der Waals surface area contributed by atoms with E-state index in [1.165, 1.54) is 5.56 Å². The minimum atomic E-state index is -0.309. The molecule has 0 aromatic heterocycles. The molecule has 1 heterocycles. The molecule has 22 heavy (non-hydrogen) atoms. The number of benzene rings is 2. The Morgan fingerprint density at radius 2 is 1.77 bits per heavy atom. The summed E-state index contributed by atoms with van der Waals surface area (Å²) in [4.78, 5) is 12.4. The van der Waals surface area contributed by atoms with Crippen molar-refractivity contribution < 1.29 is 9.53 Å². The maximum absolute atomic E-state index is 12.4. The Morgan fingerprint density at radius 3 is 2.41 bits per heavy atom. The Bertz CT molecular complexity index is 616. The summed E-state index contributed by atoms with van der Waals surface area (Å²) >= 11 is 0.